The average Bonchev–Trinajstić information content (AvgIpc) is 3.35. The number of hydrogen-bond acceptors (Lipinski definition) is 7. The number of benzene rings is 2. The van der Waals surface area contributed by atoms with Gasteiger partial charge in [-0.2, -0.15) is 4.98 Å². The first-order valence-electron chi connectivity index (χ1n) is 8.74. The van der Waals surface area contributed by atoms with E-state index in [1.54, 1.807) is 29.8 Å². The van der Waals surface area contributed by atoms with Gasteiger partial charge in [-0.3, -0.25) is 5.32 Å². The summed E-state index contributed by atoms with van der Waals surface area (Å²) in [5.74, 6) is 1.37. The number of fused-ring (bicyclic) bond motifs is 2. The van der Waals surface area contributed by atoms with E-state index < -0.39 is 0 Å². The van der Waals surface area contributed by atoms with E-state index in [1.165, 1.54) is 16.7 Å². The molecule has 0 saturated carbocycles. The zero-order chi connectivity index (χ0) is 19.3. The van der Waals surface area contributed by atoms with Gasteiger partial charge in [0.05, 0.1) is 23.0 Å². The highest BCUT2D eigenvalue weighted by molar-refractivity contribution is 7.22. The van der Waals surface area contributed by atoms with Crippen molar-refractivity contribution in [2.24, 2.45) is 0 Å². The van der Waals surface area contributed by atoms with Crippen LogP contribution in [0.4, 0.5) is 11.1 Å². The molecule has 0 saturated heterocycles. The Bertz CT molecular complexity index is 1320. The molecular formula is C20H17N5OS2. The Morgan fingerprint density at radius 1 is 1.07 bits per heavy atom. The Morgan fingerprint density at radius 3 is 2.79 bits per heavy atom. The van der Waals surface area contributed by atoms with Crippen LogP contribution in [0.3, 0.4) is 0 Å². The number of rotatable bonds is 4. The number of ether oxygens (including phenoxy) is 1. The quantitative estimate of drug-likeness (QED) is 0.430. The summed E-state index contributed by atoms with van der Waals surface area (Å²) < 4.78 is 8.23. The van der Waals surface area contributed by atoms with Crippen molar-refractivity contribution in [3.8, 4) is 17.0 Å². The van der Waals surface area contributed by atoms with Gasteiger partial charge in [0.1, 0.15) is 5.75 Å². The van der Waals surface area contributed by atoms with Gasteiger partial charge in [-0.1, -0.05) is 35.1 Å². The van der Waals surface area contributed by atoms with Crippen LogP contribution in [0.15, 0.2) is 41.8 Å². The summed E-state index contributed by atoms with van der Waals surface area (Å²) in [5.41, 5.74) is 5.61. The minimum absolute atomic E-state index is 0.545. The van der Waals surface area contributed by atoms with Gasteiger partial charge in [0.25, 0.3) is 0 Å². The average molecular weight is 408 g/mol. The molecule has 0 amide bonds. The number of thiazole rings is 2. The molecule has 0 aliphatic heterocycles. The molecule has 0 fully saturated rings. The van der Waals surface area contributed by atoms with Crippen LogP contribution in [0.1, 0.15) is 11.1 Å². The molecule has 28 heavy (non-hydrogen) atoms. The van der Waals surface area contributed by atoms with Crippen molar-refractivity contribution in [2.75, 3.05) is 12.4 Å². The van der Waals surface area contributed by atoms with Crippen molar-refractivity contribution in [2.45, 2.75) is 13.8 Å². The summed E-state index contributed by atoms with van der Waals surface area (Å²) >= 11 is 3.13. The highest BCUT2D eigenvalue weighted by Crippen LogP contribution is 2.32. The molecule has 3 heterocycles. The summed E-state index contributed by atoms with van der Waals surface area (Å²) in [6, 6.07) is 12.3. The van der Waals surface area contributed by atoms with Gasteiger partial charge in [0.15, 0.2) is 5.13 Å². The molecule has 5 rings (SSSR count). The molecule has 0 bridgehead atoms. The maximum absolute atomic E-state index is 5.28. The fourth-order valence-electron chi connectivity index (χ4n) is 3.20. The topological polar surface area (TPSA) is 64.3 Å². The predicted octanol–water partition coefficient (Wildman–Crippen LogP) is 5.44. The van der Waals surface area contributed by atoms with Crippen molar-refractivity contribution >= 4 is 48.9 Å². The van der Waals surface area contributed by atoms with E-state index in [-0.39, 0.29) is 0 Å². The Kier molecular flexibility index (Phi) is 4.03. The van der Waals surface area contributed by atoms with Crippen LogP contribution in [0.25, 0.3) is 26.4 Å². The fraction of sp³-hybridized carbons (Fsp3) is 0.150. The Morgan fingerprint density at radius 2 is 1.96 bits per heavy atom. The third kappa shape index (κ3) is 2.90. The molecule has 0 radical (unpaired) electrons. The lowest BCUT2D eigenvalue weighted by molar-refractivity contribution is 0.415. The molecule has 5 aromatic rings. The van der Waals surface area contributed by atoms with Crippen molar-refractivity contribution < 1.29 is 4.74 Å². The van der Waals surface area contributed by atoms with Gasteiger partial charge in [-0.05, 0) is 37.6 Å². The zero-order valence-electron chi connectivity index (χ0n) is 15.6. The van der Waals surface area contributed by atoms with Crippen LogP contribution >= 0.6 is 22.7 Å². The monoisotopic (exact) mass is 407 g/mol. The third-order valence-electron chi connectivity index (χ3n) is 4.55. The van der Waals surface area contributed by atoms with Gasteiger partial charge in [-0.15, -0.1) is 16.4 Å². The summed E-state index contributed by atoms with van der Waals surface area (Å²) in [6.07, 6.45) is 0. The van der Waals surface area contributed by atoms with Crippen LogP contribution in [0.5, 0.6) is 5.75 Å². The minimum atomic E-state index is 0.545. The van der Waals surface area contributed by atoms with E-state index in [0.29, 0.717) is 5.95 Å². The largest absolute Gasteiger partial charge is 0.497 e. The summed E-state index contributed by atoms with van der Waals surface area (Å²) in [5, 5.41) is 10.8. The van der Waals surface area contributed by atoms with Gasteiger partial charge < -0.3 is 4.74 Å². The molecule has 0 aliphatic carbocycles. The van der Waals surface area contributed by atoms with Gasteiger partial charge in [0, 0.05) is 10.9 Å². The van der Waals surface area contributed by atoms with E-state index in [1.807, 2.05) is 22.7 Å². The predicted molar refractivity (Wildman–Crippen MR) is 115 cm³/mol. The molecule has 0 atom stereocenters. The SMILES string of the molecule is COc1ccc2nc(Nc3nc4scc(-c5ccc(C)cc5C)n4n3)sc2c1. The molecule has 0 aliphatic rings. The molecule has 6 nitrogen and oxygen atoms in total. The second-order valence-electron chi connectivity index (χ2n) is 6.55. The number of hydrogen-bond donors (Lipinski definition) is 1. The third-order valence-corrected chi connectivity index (χ3v) is 6.30. The number of aryl methyl sites for hydroxylation is 2. The number of nitrogens with zero attached hydrogens (tertiary/aromatic N) is 4. The van der Waals surface area contributed by atoms with Gasteiger partial charge >= 0.3 is 0 Å². The number of aromatic nitrogens is 4. The van der Waals surface area contributed by atoms with E-state index in [0.717, 1.165) is 31.8 Å². The van der Waals surface area contributed by atoms with Crippen molar-refractivity contribution in [1.29, 1.82) is 0 Å². The summed E-state index contributed by atoms with van der Waals surface area (Å²) in [7, 11) is 1.66. The Hall–Kier alpha value is -2.97. The standard InChI is InChI=1S/C20H17N5OS2/c1-11-4-6-14(12(2)8-11)16-10-27-20-23-18(24-25(16)20)22-19-21-15-7-5-13(26-3)9-17(15)28-19/h4-10H,1-3H3,(H,21,22,24). The van der Waals surface area contributed by atoms with Crippen molar-refractivity contribution in [3.05, 3.63) is 52.9 Å². The van der Waals surface area contributed by atoms with Crippen LogP contribution in [-0.4, -0.2) is 26.7 Å². The van der Waals surface area contributed by atoms with E-state index in [2.05, 4.69) is 57.8 Å². The lowest BCUT2D eigenvalue weighted by Gasteiger charge is -2.05. The minimum Gasteiger partial charge on any atom is -0.497 e. The molecule has 1 N–H and O–H groups in total. The first-order chi connectivity index (χ1) is 13.6. The lowest BCUT2D eigenvalue weighted by Crippen LogP contribution is -1.94. The zero-order valence-corrected chi connectivity index (χ0v) is 17.2. The van der Waals surface area contributed by atoms with Crippen LogP contribution in [0.2, 0.25) is 0 Å². The molecule has 3 aromatic heterocycles. The van der Waals surface area contributed by atoms with E-state index in [9.17, 15) is 0 Å². The lowest BCUT2D eigenvalue weighted by atomic mass is 10.0. The fourth-order valence-corrected chi connectivity index (χ4v) is 4.91. The number of nitrogens with one attached hydrogen (secondary N) is 1. The second-order valence-corrected chi connectivity index (χ2v) is 8.41. The Labute approximate surface area is 169 Å². The van der Waals surface area contributed by atoms with Crippen LogP contribution in [-0.2, 0) is 0 Å². The van der Waals surface area contributed by atoms with Gasteiger partial charge in [0.2, 0.25) is 10.9 Å². The molecule has 0 spiro atoms. The smallest absolute Gasteiger partial charge is 0.250 e. The van der Waals surface area contributed by atoms with Gasteiger partial charge in [-0.25, -0.2) is 9.50 Å². The first kappa shape index (κ1) is 17.2. The van der Waals surface area contributed by atoms with Crippen molar-refractivity contribution in [3.63, 3.8) is 0 Å². The number of anilines is 2. The summed E-state index contributed by atoms with van der Waals surface area (Å²) in [6.45, 7) is 4.22. The maximum Gasteiger partial charge on any atom is 0.250 e. The Balaban J connectivity index is 1.50. The maximum atomic E-state index is 5.28. The molecule has 0 unspecified atom stereocenters. The molecule has 140 valence electrons. The highest BCUT2D eigenvalue weighted by atomic mass is 32.1. The molecular weight excluding hydrogens is 390 g/mol. The first-order valence-corrected chi connectivity index (χ1v) is 10.4. The van der Waals surface area contributed by atoms with E-state index >= 15 is 0 Å². The molecule has 8 heteroatoms. The normalized spacial score (nSPS) is 11.4. The molecule has 2 aromatic carbocycles. The summed E-state index contributed by atoms with van der Waals surface area (Å²) in [4.78, 5) is 10.1. The highest BCUT2D eigenvalue weighted by Gasteiger charge is 2.14. The van der Waals surface area contributed by atoms with Crippen molar-refractivity contribution in [1.82, 2.24) is 19.6 Å². The van der Waals surface area contributed by atoms with E-state index in [4.69, 9.17) is 4.74 Å². The van der Waals surface area contributed by atoms with Crippen LogP contribution in [0, 0.1) is 13.8 Å². The number of methoxy groups -OCH3 is 1. The second kappa shape index (κ2) is 6.57. The van der Waals surface area contributed by atoms with Crippen LogP contribution < -0.4 is 10.1 Å².